The van der Waals surface area contributed by atoms with Crippen LogP contribution in [0.4, 0.5) is 11.4 Å². The predicted molar refractivity (Wildman–Crippen MR) is 181 cm³/mol. The van der Waals surface area contributed by atoms with Crippen LogP contribution >= 0.6 is 0 Å². The quantitative estimate of drug-likeness (QED) is 0.119. The van der Waals surface area contributed by atoms with Gasteiger partial charge in [-0.25, -0.2) is 0 Å². The molecule has 0 radical (unpaired) electrons. The summed E-state index contributed by atoms with van der Waals surface area (Å²) in [4.78, 5) is 46.2. The van der Waals surface area contributed by atoms with E-state index in [1.807, 2.05) is 6.92 Å². The third kappa shape index (κ3) is 13.9. The first kappa shape index (κ1) is 40.8. The maximum atomic E-state index is 11.6. The Kier molecular flexibility index (Phi) is 18.6. The molecule has 2 aliphatic heterocycles. The summed E-state index contributed by atoms with van der Waals surface area (Å²) in [6, 6.07) is 5.20. The van der Waals surface area contributed by atoms with E-state index in [1.165, 1.54) is 52.3 Å². The molecular formula is C33H48N4O12. The van der Waals surface area contributed by atoms with Crippen LogP contribution in [-0.2, 0) is 9.47 Å². The smallest absolute Gasteiger partial charge is 0.284 e. The van der Waals surface area contributed by atoms with Crippen molar-refractivity contribution in [3.63, 3.8) is 0 Å². The summed E-state index contributed by atoms with van der Waals surface area (Å²) in [5.41, 5.74) is -0.506. The third-order valence-electron chi connectivity index (χ3n) is 7.30. The number of benzene rings is 2. The van der Waals surface area contributed by atoms with E-state index in [1.54, 1.807) is 0 Å². The monoisotopic (exact) mass is 692 g/mol. The van der Waals surface area contributed by atoms with E-state index < -0.39 is 9.85 Å². The minimum atomic E-state index is -0.594. The Labute approximate surface area is 286 Å². The number of unbranched alkanes of at least 4 members (excludes halogenated alkanes) is 1. The van der Waals surface area contributed by atoms with Crippen LogP contribution in [0.25, 0.3) is 0 Å². The number of hydrogen-bond acceptors (Lipinski definition) is 14. The average molecular weight is 693 g/mol. The molecule has 0 aromatic heterocycles. The highest BCUT2D eigenvalue weighted by atomic mass is 16.6. The second kappa shape index (κ2) is 22.3. The van der Waals surface area contributed by atoms with Crippen LogP contribution < -0.4 is 24.3 Å². The summed E-state index contributed by atoms with van der Waals surface area (Å²) in [6.45, 7) is 13.4. The number of morpholine rings is 2. The van der Waals surface area contributed by atoms with Crippen LogP contribution in [0.5, 0.6) is 23.0 Å². The van der Waals surface area contributed by atoms with Gasteiger partial charge in [-0.1, -0.05) is 13.3 Å². The molecule has 4 rings (SSSR count). The summed E-state index contributed by atoms with van der Waals surface area (Å²) >= 11 is 0. The number of nitro benzene ring substituents is 2. The van der Waals surface area contributed by atoms with Crippen molar-refractivity contribution in [2.75, 3.05) is 86.6 Å². The predicted octanol–water partition coefficient (Wildman–Crippen LogP) is 4.50. The molecule has 1 N–H and O–H groups in total. The van der Waals surface area contributed by atoms with E-state index >= 15 is 0 Å². The van der Waals surface area contributed by atoms with Crippen molar-refractivity contribution >= 4 is 22.9 Å². The molecule has 49 heavy (non-hydrogen) atoms. The summed E-state index contributed by atoms with van der Waals surface area (Å²) < 4.78 is 31.7. The molecule has 16 nitrogen and oxygen atoms in total. The standard InChI is InChI=1S/C16H22N2O6.C13H17NO5.C4H9NO/c1-12(19)13-10-15(22-2)16(11-14(13)18(20)21)24-7-3-4-17-5-8-23-9-6-17;1-4-5-6-19-13-8-11(14(16)17)10(9(2)15)7-12(13)18-3;1-3-6-4-2-5-1/h10-11H,3-9H2,1-2H3;7-8H,4-6H2,1-3H3;5H,1-4H2. The number of rotatable bonds is 15. The Hall–Kier alpha value is -4.38. The van der Waals surface area contributed by atoms with Crippen molar-refractivity contribution in [3.8, 4) is 23.0 Å². The highest BCUT2D eigenvalue weighted by Gasteiger charge is 2.24. The van der Waals surface area contributed by atoms with Gasteiger partial charge in [0.1, 0.15) is 0 Å². The van der Waals surface area contributed by atoms with Gasteiger partial charge in [0.25, 0.3) is 11.4 Å². The topological polar surface area (TPSA) is 191 Å². The number of nitro groups is 2. The number of carbonyl (C=O) groups excluding carboxylic acids is 2. The molecule has 2 heterocycles. The van der Waals surface area contributed by atoms with E-state index in [4.69, 9.17) is 28.4 Å². The number of nitrogens with zero attached hydrogens (tertiary/aromatic N) is 3. The van der Waals surface area contributed by atoms with Gasteiger partial charge in [0.05, 0.1) is 87.0 Å². The lowest BCUT2D eigenvalue weighted by Crippen LogP contribution is -2.37. The first-order valence-electron chi connectivity index (χ1n) is 16.1. The lowest BCUT2D eigenvalue weighted by molar-refractivity contribution is -0.385. The van der Waals surface area contributed by atoms with Gasteiger partial charge < -0.3 is 33.7 Å². The Morgan fingerprint density at radius 3 is 1.55 bits per heavy atom. The molecular weight excluding hydrogens is 644 g/mol. The van der Waals surface area contributed by atoms with Crippen molar-refractivity contribution in [1.29, 1.82) is 0 Å². The minimum Gasteiger partial charge on any atom is -0.493 e. The molecule has 0 atom stereocenters. The fourth-order valence-corrected chi connectivity index (χ4v) is 4.65. The van der Waals surface area contributed by atoms with Crippen LogP contribution in [0, 0.1) is 20.2 Å². The van der Waals surface area contributed by atoms with Crippen molar-refractivity contribution in [1.82, 2.24) is 10.2 Å². The molecule has 2 fully saturated rings. The van der Waals surface area contributed by atoms with Crippen LogP contribution in [-0.4, -0.2) is 113 Å². The number of ether oxygens (including phenoxy) is 6. The van der Waals surface area contributed by atoms with Gasteiger partial charge in [-0.2, -0.15) is 0 Å². The van der Waals surface area contributed by atoms with Crippen molar-refractivity contribution in [2.45, 2.75) is 40.0 Å². The van der Waals surface area contributed by atoms with Crippen LogP contribution in [0.3, 0.4) is 0 Å². The summed E-state index contributed by atoms with van der Waals surface area (Å²) in [5, 5.41) is 25.3. The largest absolute Gasteiger partial charge is 0.493 e. The van der Waals surface area contributed by atoms with Crippen LogP contribution in [0.15, 0.2) is 24.3 Å². The highest BCUT2D eigenvalue weighted by Crippen LogP contribution is 2.36. The molecule has 0 unspecified atom stereocenters. The lowest BCUT2D eigenvalue weighted by Gasteiger charge is -2.26. The van der Waals surface area contributed by atoms with E-state index in [0.29, 0.717) is 24.7 Å². The Bertz CT molecular complexity index is 1370. The molecule has 2 aromatic rings. The number of ketones is 2. The van der Waals surface area contributed by atoms with E-state index in [0.717, 1.165) is 78.4 Å². The molecule has 0 aliphatic carbocycles. The van der Waals surface area contributed by atoms with Crippen LogP contribution in [0.1, 0.15) is 60.7 Å². The van der Waals surface area contributed by atoms with E-state index in [9.17, 15) is 29.8 Å². The fourth-order valence-electron chi connectivity index (χ4n) is 4.65. The van der Waals surface area contributed by atoms with Gasteiger partial charge in [0, 0.05) is 44.9 Å². The SMILES string of the molecule is C1COCCN1.CCCCOc1cc([N+](=O)[O-])c(C(C)=O)cc1OC.COc1cc(C(C)=O)c([N+](=O)[O-])cc1OCCCN1CCOCC1. The molecule has 272 valence electrons. The second-order valence-corrected chi connectivity index (χ2v) is 10.9. The maximum Gasteiger partial charge on any atom is 0.284 e. The van der Waals surface area contributed by atoms with Crippen molar-refractivity contribution < 1.29 is 47.9 Å². The molecule has 0 amide bonds. The molecule has 16 heteroatoms. The Morgan fingerprint density at radius 2 is 1.20 bits per heavy atom. The number of carbonyl (C=O) groups is 2. The van der Waals surface area contributed by atoms with Gasteiger partial charge in [-0.3, -0.25) is 34.7 Å². The van der Waals surface area contributed by atoms with Crippen LogP contribution in [0.2, 0.25) is 0 Å². The zero-order chi connectivity index (χ0) is 36.2. The summed E-state index contributed by atoms with van der Waals surface area (Å²) in [5.74, 6) is 0.428. The van der Waals surface area contributed by atoms with Crippen molar-refractivity contribution in [2.24, 2.45) is 0 Å². The molecule has 0 spiro atoms. The zero-order valence-electron chi connectivity index (χ0n) is 28.9. The fraction of sp³-hybridized carbons (Fsp3) is 0.576. The summed E-state index contributed by atoms with van der Waals surface area (Å²) in [6.07, 6.45) is 2.58. The first-order chi connectivity index (χ1) is 23.5. The van der Waals surface area contributed by atoms with Gasteiger partial charge >= 0.3 is 0 Å². The van der Waals surface area contributed by atoms with Gasteiger partial charge in [0.15, 0.2) is 34.6 Å². The van der Waals surface area contributed by atoms with E-state index in [-0.39, 0.29) is 45.6 Å². The minimum absolute atomic E-state index is 0.0116. The molecule has 0 bridgehead atoms. The molecule has 2 saturated heterocycles. The zero-order valence-corrected chi connectivity index (χ0v) is 28.9. The number of methoxy groups -OCH3 is 2. The van der Waals surface area contributed by atoms with Gasteiger partial charge in [-0.15, -0.1) is 0 Å². The molecule has 2 aliphatic rings. The van der Waals surface area contributed by atoms with E-state index in [2.05, 4.69) is 10.2 Å². The van der Waals surface area contributed by atoms with Gasteiger partial charge in [-0.05, 0) is 26.7 Å². The summed E-state index contributed by atoms with van der Waals surface area (Å²) in [7, 11) is 2.86. The highest BCUT2D eigenvalue weighted by molar-refractivity contribution is 5.99. The first-order valence-corrected chi connectivity index (χ1v) is 16.1. The van der Waals surface area contributed by atoms with Crippen molar-refractivity contribution in [3.05, 3.63) is 55.6 Å². The Balaban J connectivity index is 0.000000295. The average Bonchev–Trinajstić information content (AvgIpc) is 3.11. The molecule has 2 aromatic carbocycles. The Morgan fingerprint density at radius 1 is 0.755 bits per heavy atom. The number of hydrogen-bond donors (Lipinski definition) is 1. The second-order valence-electron chi connectivity index (χ2n) is 10.9. The lowest BCUT2D eigenvalue weighted by atomic mass is 10.1. The normalized spacial score (nSPS) is 14.2. The van der Waals surface area contributed by atoms with Gasteiger partial charge in [0.2, 0.25) is 0 Å². The third-order valence-corrected chi connectivity index (χ3v) is 7.30. The molecule has 0 saturated carbocycles. The maximum absolute atomic E-state index is 11.6. The number of nitrogens with one attached hydrogen (secondary N) is 1. The number of Topliss-reactive ketones (excluding diaryl/α,β-unsaturated/α-hetero) is 2.